The van der Waals surface area contributed by atoms with Gasteiger partial charge in [-0.25, -0.2) is 0 Å². The molecule has 0 spiro atoms. The second kappa shape index (κ2) is 4.86. The van der Waals surface area contributed by atoms with Gasteiger partial charge >= 0.3 is 0 Å². The van der Waals surface area contributed by atoms with Crippen molar-refractivity contribution < 1.29 is 9.53 Å². The fraction of sp³-hybridized carbons (Fsp3) is 0.333. The number of fused-ring (bicyclic) bond motifs is 1. The van der Waals surface area contributed by atoms with Gasteiger partial charge in [0.05, 0.1) is 5.52 Å². The minimum absolute atomic E-state index is 0.118. The predicted octanol–water partition coefficient (Wildman–Crippen LogP) is 2.84. The Morgan fingerprint density at radius 2 is 2.06 bits per heavy atom. The van der Waals surface area contributed by atoms with Gasteiger partial charge in [0, 0.05) is 36.3 Å². The molecule has 1 aliphatic heterocycles. The lowest BCUT2D eigenvalue weighted by Gasteiger charge is -2.20. The molecular weight excluding hydrogens is 226 g/mol. The largest absolute Gasteiger partial charge is 0.381 e. The lowest BCUT2D eigenvalue weighted by Crippen LogP contribution is -2.23. The molecule has 0 bridgehead atoms. The summed E-state index contributed by atoms with van der Waals surface area (Å²) in [4.78, 5) is 16.6. The topological polar surface area (TPSA) is 39.2 Å². The van der Waals surface area contributed by atoms with Crippen LogP contribution in [0.1, 0.15) is 23.2 Å². The standard InChI is InChI=1S/C15H15NO2/c17-15(11-5-8-18-9-6-11)13-3-4-14-12(10-13)2-1-7-16-14/h1-4,7,10-11H,5-6,8-9H2. The summed E-state index contributed by atoms with van der Waals surface area (Å²) in [5.74, 6) is 0.358. The molecule has 1 fully saturated rings. The molecule has 0 N–H and O–H groups in total. The molecule has 1 aliphatic rings. The highest BCUT2D eigenvalue weighted by molar-refractivity contribution is 6.00. The molecule has 0 unspecified atom stereocenters. The Morgan fingerprint density at radius 3 is 2.89 bits per heavy atom. The summed E-state index contributed by atoms with van der Waals surface area (Å²) in [6, 6.07) is 9.63. The van der Waals surface area contributed by atoms with Gasteiger partial charge in [0.1, 0.15) is 0 Å². The number of pyridine rings is 1. The molecule has 2 aromatic rings. The van der Waals surface area contributed by atoms with Crippen LogP contribution in [-0.2, 0) is 4.74 Å². The molecule has 1 aromatic heterocycles. The number of hydrogen-bond donors (Lipinski definition) is 0. The second-order valence-electron chi connectivity index (χ2n) is 4.66. The van der Waals surface area contributed by atoms with Crippen LogP contribution in [0.25, 0.3) is 10.9 Å². The smallest absolute Gasteiger partial charge is 0.166 e. The van der Waals surface area contributed by atoms with Gasteiger partial charge in [-0.05, 0) is 37.1 Å². The van der Waals surface area contributed by atoms with Gasteiger partial charge in [-0.1, -0.05) is 6.07 Å². The van der Waals surface area contributed by atoms with Crippen LogP contribution in [0.4, 0.5) is 0 Å². The van der Waals surface area contributed by atoms with Gasteiger partial charge < -0.3 is 4.74 Å². The average Bonchev–Trinajstić information content (AvgIpc) is 2.47. The van der Waals surface area contributed by atoms with E-state index in [4.69, 9.17) is 4.74 Å². The second-order valence-corrected chi connectivity index (χ2v) is 4.66. The summed E-state index contributed by atoms with van der Waals surface area (Å²) < 4.78 is 5.29. The molecule has 0 atom stereocenters. The highest BCUT2D eigenvalue weighted by Crippen LogP contribution is 2.22. The molecule has 0 radical (unpaired) electrons. The highest BCUT2D eigenvalue weighted by atomic mass is 16.5. The van der Waals surface area contributed by atoms with Crippen molar-refractivity contribution in [3.63, 3.8) is 0 Å². The van der Waals surface area contributed by atoms with Crippen LogP contribution >= 0.6 is 0 Å². The minimum Gasteiger partial charge on any atom is -0.381 e. The molecule has 0 amide bonds. The molecule has 2 heterocycles. The van der Waals surface area contributed by atoms with E-state index in [1.54, 1.807) is 6.20 Å². The lowest BCUT2D eigenvalue weighted by atomic mass is 9.90. The molecule has 1 saturated heterocycles. The number of benzene rings is 1. The Morgan fingerprint density at radius 1 is 1.22 bits per heavy atom. The third-order valence-corrected chi connectivity index (χ3v) is 3.48. The maximum atomic E-state index is 12.4. The number of ether oxygens (including phenoxy) is 1. The summed E-state index contributed by atoms with van der Waals surface area (Å²) in [5, 5.41) is 1.02. The lowest BCUT2D eigenvalue weighted by molar-refractivity contribution is 0.0545. The molecule has 3 rings (SSSR count). The zero-order valence-electron chi connectivity index (χ0n) is 10.1. The van der Waals surface area contributed by atoms with E-state index in [0.717, 1.165) is 29.3 Å². The zero-order chi connectivity index (χ0) is 12.4. The fourth-order valence-corrected chi connectivity index (χ4v) is 2.42. The minimum atomic E-state index is 0.118. The first-order valence-electron chi connectivity index (χ1n) is 6.31. The number of hydrogen-bond acceptors (Lipinski definition) is 3. The van der Waals surface area contributed by atoms with Crippen LogP contribution in [-0.4, -0.2) is 24.0 Å². The van der Waals surface area contributed by atoms with Crippen LogP contribution in [0.15, 0.2) is 36.5 Å². The molecule has 92 valence electrons. The Kier molecular flexibility index (Phi) is 3.07. The van der Waals surface area contributed by atoms with Crippen molar-refractivity contribution in [3.8, 4) is 0 Å². The Hall–Kier alpha value is -1.74. The number of nitrogens with zero attached hydrogens (tertiary/aromatic N) is 1. The average molecular weight is 241 g/mol. The first kappa shape index (κ1) is 11.4. The van der Waals surface area contributed by atoms with Crippen LogP contribution in [0, 0.1) is 5.92 Å². The number of Topliss-reactive ketones (excluding diaryl/α,β-unsaturated/α-hetero) is 1. The fourth-order valence-electron chi connectivity index (χ4n) is 2.42. The third-order valence-electron chi connectivity index (χ3n) is 3.48. The summed E-state index contributed by atoms with van der Waals surface area (Å²) in [7, 11) is 0. The van der Waals surface area contributed by atoms with Crippen LogP contribution in [0.5, 0.6) is 0 Å². The zero-order valence-corrected chi connectivity index (χ0v) is 10.1. The molecule has 3 nitrogen and oxygen atoms in total. The first-order chi connectivity index (χ1) is 8.84. The van der Waals surface area contributed by atoms with Crippen molar-refractivity contribution in [1.29, 1.82) is 0 Å². The quantitative estimate of drug-likeness (QED) is 0.759. The Bertz CT molecular complexity index is 573. The van der Waals surface area contributed by atoms with E-state index in [-0.39, 0.29) is 11.7 Å². The van der Waals surface area contributed by atoms with Gasteiger partial charge in [-0.3, -0.25) is 9.78 Å². The summed E-state index contributed by atoms with van der Waals surface area (Å²) >= 11 is 0. The molecular formula is C15H15NO2. The van der Waals surface area contributed by atoms with Crippen molar-refractivity contribution >= 4 is 16.7 Å². The van der Waals surface area contributed by atoms with Gasteiger partial charge in [0.15, 0.2) is 5.78 Å². The molecule has 1 aromatic carbocycles. The predicted molar refractivity (Wildman–Crippen MR) is 69.6 cm³/mol. The maximum absolute atomic E-state index is 12.4. The Labute approximate surface area is 106 Å². The van der Waals surface area contributed by atoms with Crippen molar-refractivity contribution in [2.24, 2.45) is 5.92 Å². The maximum Gasteiger partial charge on any atom is 0.166 e. The molecule has 3 heteroatoms. The monoisotopic (exact) mass is 241 g/mol. The molecule has 0 aliphatic carbocycles. The first-order valence-corrected chi connectivity index (χ1v) is 6.31. The normalized spacial score (nSPS) is 16.9. The van der Waals surface area contributed by atoms with Gasteiger partial charge in [-0.2, -0.15) is 0 Å². The Balaban J connectivity index is 1.91. The number of aromatic nitrogens is 1. The van der Waals surface area contributed by atoms with E-state index in [1.165, 1.54) is 0 Å². The number of ketones is 1. The summed E-state index contributed by atoms with van der Waals surface area (Å²) in [6.45, 7) is 1.40. The van der Waals surface area contributed by atoms with Crippen molar-refractivity contribution in [1.82, 2.24) is 4.98 Å². The summed E-state index contributed by atoms with van der Waals surface area (Å²) in [6.07, 6.45) is 3.44. The number of carbonyl (C=O) groups is 1. The van der Waals surface area contributed by atoms with Gasteiger partial charge in [-0.15, -0.1) is 0 Å². The molecule has 18 heavy (non-hydrogen) atoms. The highest BCUT2D eigenvalue weighted by Gasteiger charge is 2.22. The van der Waals surface area contributed by atoms with Crippen molar-refractivity contribution in [3.05, 3.63) is 42.1 Å². The number of carbonyl (C=O) groups excluding carboxylic acids is 1. The number of rotatable bonds is 2. The SMILES string of the molecule is O=C(c1ccc2ncccc2c1)C1CCOCC1. The van der Waals surface area contributed by atoms with Gasteiger partial charge in [0.2, 0.25) is 0 Å². The van der Waals surface area contributed by atoms with Crippen LogP contribution in [0.2, 0.25) is 0 Å². The van der Waals surface area contributed by atoms with Crippen molar-refractivity contribution in [2.75, 3.05) is 13.2 Å². The van der Waals surface area contributed by atoms with E-state index >= 15 is 0 Å². The van der Waals surface area contributed by atoms with Crippen LogP contribution < -0.4 is 0 Å². The van der Waals surface area contributed by atoms with E-state index in [1.807, 2.05) is 30.3 Å². The van der Waals surface area contributed by atoms with E-state index < -0.39 is 0 Å². The third kappa shape index (κ3) is 2.14. The van der Waals surface area contributed by atoms with Gasteiger partial charge in [0.25, 0.3) is 0 Å². The van der Waals surface area contributed by atoms with Crippen molar-refractivity contribution in [2.45, 2.75) is 12.8 Å². The van der Waals surface area contributed by atoms with Crippen LogP contribution in [0.3, 0.4) is 0 Å². The van der Waals surface area contributed by atoms with E-state index in [9.17, 15) is 4.79 Å². The molecule has 0 saturated carbocycles. The van der Waals surface area contributed by atoms with E-state index in [0.29, 0.717) is 13.2 Å². The summed E-state index contributed by atoms with van der Waals surface area (Å²) in [5.41, 5.74) is 1.73. The van der Waals surface area contributed by atoms with E-state index in [2.05, 4.69) is 4.98 Å².